The van der Waals surface area contributed by atoms with Gasteiger partial charge in [-0.05, 0) is 31.4 Å². The van der Waals surface area contributed by atoms with Crippen LogP contribution < -0.4 is 5.32 Å². The molecular formula is C18H20F3N3O. The lowest BCUT2D eigenvalue weighted by Crippen LogP contribution is -2.21. The predicted molar refractivity (Wildman–Crippen MR) is 89.0 cm³/mol. The molecule has 25 heavy (non-hydrogen) atoms. The lowest BCUT2D eigenvalue weighted by Gasteiger charge is -2.13. The maximum absolute atomic E-state index is 13.0. The van der Waals surface area contributed by atoms with Crippen LogP contribution in [0.4, 0.5) is 18.9 Å². The summed E-state index contributed by atoms with van der Waals surface area (Å²) in [5.41, 5.74) is 1.12. The highest BCUT2D eigenvalue weighted by atomic mass is 19.4. The van der Waals surface area contributed by atoms with Gasteiger partial charge in [0, 0.05) is 11.5 Å². The number of nitrogens with zero attached hydrogens (tertiary/aromatic N) is 1. The van der Waals surface area contributed by atoms with Crippen molar-refractivity contribution in [2.45, 2.75) is 45.2 Å². The van der Waals surface area contributed by atoms with E-state index in [1.54, 1.807) is 6.07 Å². The third-order valence-electron chi connectivity index (χ3n) is 4.63. The number of H-pyrrole nitrogens is 1. The minimum absolute atomic E-state index is 0.0334. The SMILES string of the molecule is CCc1[nH]nc(-c2cccc(C(F)(F)F)c2)c1NC(=O)C1CCCC1. The molecule has 134 valence electrons. The van der Waals surface area contributed by atoms with Gasteiger partial charge in [0.2, 0.25) is 5.91 Å². The summed E-state index contributed by atoms with van der Waals surface area (Å²) in [6.45, 7) is 1.90. The first-order valence-electron chi connectivity index (χ1n) is 8.46. The first-order valence-corrected chi connectivity index (χ1v) is 8.46. The number of rotatable bonds is 4. The van der Waals surface area contributed by atoms with Crippen molar-refractivity contribution in [3.8, 4) is 11.3 Å². The highest BCUT2D eigenvalue weighted by Crippen LogP contribution is 2.35. The second-order valence-corrected chi connectivity index (χ2v) is 6.33. The first kappa shape index (κ1) is 17.5. The number of amides is 1. The molecule has 1 aromatic heterocycles. The molecule has 2 N–H and O–H groups in total. The number of benzene rings is 1. The summed E-state index contributed by atoms with van der Waals surface area (Å²) in [6, 6.07) is 4.99. The highest BCUT2D eigenvalue weighted by Gasteiger charge is 2.31. The minimum Gasteiger partial charge on any atom is -0.322 e. The van der Waals surface area contributed by atoms with Crippen molar-refractivity contribution in [3.05, 3.63) is 35.5 Å². The third kappa shape index (κ3) is 3.70. The molecule has 0 bridgehead atoms. The van der Waals surface area contributed by atoms with Gasteiger partial charge in [0.05, 0.1) is 16.9 Å². The molecule has 1 heterocycles. The Kier molecular flexibility index (Phi) is 4.83. The van der Waals surface area contributed by atoms with Crippen LogP contribution in [0.25, 0.3) is 11.3 Å². The van der Waals surface area contributed by atoms with Gasteiger partial charge in [0.1, 0.15) is 5.69 Å². The Morgan fingerprint density at radius 3 is 2.68 bits per heavy atom. The molecule has 0 atom stereocenters. The number of aryl methyl sites for hydroxylation is 1. The van der Waals surface area contributed by atoms with Gasteiger partial charge in [-0.25, -0.2) is 0 Å². The largest absolute Gasteiger partial charge is 0.416 e. The zero-order valence-corrected chi connectivity index (χ0v) is 13.9. The van der Waals surface area contributed by atoms with Gasteiger partial charge in [-0.3, -0.25) is 9.89 Å². The van der Waals surface area contributed by atoms with Crippen LogP contribution in [0.2, 0.25) is 0 Å². The summed E-state index contributed by atoms with van der Waals surface area (Å²) in [5, 5.41) is 9.88. The van der Waals surface area contributed by atoms with Gasteiger partial charge in [-0.15, -0.1) is 0 Å². The number of halogens is 3. The van der Waals surface area contributed by atoms with Crippen LogP contribution in [0.1, 0.15) is 43.9 Å². The topological polar surface area (TPSA) is 57.8 Å². The Morgan fingerprint density at radius 2 is 2.04 bits per heavy atom. The van der Waals surface area contributed by atoms with E-state index in [1.807, 2.05) is 6.92 Å². The first-order chi connectivity index (χ1) is 11.9. The van der Waals surface area contributed by atoms with Crippen LogP contribution in [0, 0.1) is 5.92 Å². The molecule has 0 unspecified atom stereocenters. The number of anilines is 1. The second-order valence-electron chi connectivity index (χ2n) is 6.33. The quantitative estimate of drug-likeness (QED) is 0.832. The molecule has 1 saturated carbocycles. The molecule has 0 spiro atoms. The van der Waals surface area contributed by atoms with Crippen molar-refractivity contribution >= 4 is 11.6 Å². The van der Waals surface area contributed by atoms with E-state index in [1.165, 1.54) is 6.07 Å². The Morgan fingerprint density at radius 1 is 1.32 bits per heavy atom. The van der Waals surface area contributed by atoms with Crippen LogP contribution in [-0.2, 0) is 17.4 Å². The zero-order chi connectivity index (χ0) is 18.0. The van der Waals surface area contributed by atoms with Gasteiger partial charge in [-0.1, -0.05) is 31.9 Å². The van der Waals surface area contributed by atoms with Crippen molar-refractivity contribution in [1.29, 1.82) is 0 Å². The number of nitrogens with one attached hydrogen (secondary N) is 2. The number of hydrogen-bond donors (Lipinski definition) is 2. The summed E-state index contributed by atoms with van der Waals surface area (Å²) in [4.78, 5) is 12.5. The van der Waals surface area contributed by atoms with E-state index >= 15 is 0 Å². The van der Waals surface area contributed by atoms with Gasteiger partial charge >= 0.3 is 6.18 Å². The Labute approximate surface area is 143 Å². The van der Waals surface area contributed by atoms with E-state index in [-0.39, 0.29) is 11.8 Å². The van der Waals surface area contributed by atoms with Gasteiger partial charge < -0.3 is 5.32 Å². The van der Waals surface area contributed by atoms with Gasteiger partial charge in [-0.2, -0.15) is 18.3 Å². The van der Waals surface area contributed by atoms with Crippen LogP contribution >= 0.6 is 0 Å². The molecule has 7 heteroatoms. The number of aromatic amines is 1. The molecule has 1 aliphatic carbocycles. The van der Waals surface area contributed by atoms with Crippen molar-refractivity contribution in [1.82, 2.24) is 10.2 Å². The summed E-state index contributed by atoms with van der Waals surface area (Å²) in [5.74, 6) is -0.115. The van der Waals surface area contributed by atoms with E-state index < -0.39 is 11.7 Å². The summed E-state index contributed by atoms with van der Waals surface area (Å²) in [7, 11) is 0. The number of hydrogen-bond acceptors (Lipinski definition) is 2. The number of carbonyl (C=O) groups is 1. The fraction of sp³-hybridized carbons (Fsp3) is 0.444. The monoisotopic (exact) mass is 351 g/mol. The molecule has 1 amide bonds. The average molecular weight is 351 g/mol. The molecule has 0 aliphatic heterocycles. The fourth-order valence-corrected chi connectivity index (χ4v) is 3.23. The molecule has 2 aromatic rings. The molecule has 3 rings (SSSR count). The molecule has 0 saturated heterocycles. The van der Waals surface area contributed by atoms with E-state index in [2.05, 4.69) is 15.5 Å². The van der Waals surface area contributed by atoms with Crippen molar-refractivity contribution in [3.63, 3.8) is 0 Å². The Bertz CT molecular complexity index is 761. The maximum Gasteiger partial charge on any atom is 0.416 e. The van der Waals surface area contributed by atoms with Gasteiger partial charge in [0.15, 0.2) is 0 Å². The lowest BCUT2D eigenvalue weighted by atomic mass is 10.0. The van der Waals surface area contributed by atoms with Crippen LogP contribution in [0.15, 0.2) is 24.3 Å². The molecule has 0 radical (unpaired) electrons. The van der Waals surface area contributed by atoms with Crippen molar-refractivity contribution in [2.24, 2.45) is 5.92 Å². The minimum atomic E-state index is -4.42. The summed E-state index contributed by atoms with van der Waals surface area (Å²) in [6.07, 6.45) is -0.0668. The standard InChI is InChI=1S/C18H20F3N3O/c1-2-14-16(22-17(25)11-6-3-4-7-11)15(24-23-14)12-8-5-9-13(10-12)18(19,20)21/h5,8-11H,2-4,6-7H2,1H3,(H,22,25)(H,23,24). The Hall–Kier alpha value is -2.31. The third-order valence-corrected chi connectivity index (χ3v) is 4.63. The fourth-order valence-electron chi connectivity index (χ4n) is 3.23. The summed E-state index contributed by atoms with van der Waals surface area (Å²) < 4.78 is 38.9. The molecule has 1 aromatic carbocycles. The van der Waals surface area contributed by atoms with E-state index in [9.17, 15) is 18.0 Å². The van der Waals surface area contributed by atoms with Gasteiger partial charge in [0.25, 0.3) is 0 Å². The molecule has 4 nitrogen and oxygen atoms in total. The average Bonchev–Trinajstić information content (AvgIpc) is 3.24. The van der Waals surface area contributed by atoms with Crippen molar-refractivity contribution < 1.29 is 18.0 Å². The van der Waals surface area contributed by atoms with E-state index in [0.717, 1.165) is 37.8 Å². The number of aromatic nitrogens is 2. The normalized spacial score (nSPS) is 15.5. The molecular weight excluding hydrogens is 331 g/mol. The number of carbonyl (C=O) groups excluding carboxylic acids is 1. The van der Waals surface area contributed by atoms with Crippen LogP contribution in [0.3, 0.4) is 0 Å². The second kappa shape index (κ2) is 6.90. The lowest BCUT2D eigenvalue weighted by molar-refractivity contribution is -0.137. The zero-order valence-electron chi connectivity index (χ0n) is 13.9. The predicted octanol–water partition coefficient (Wildman–Crippen LogP) is 4.79. The maximum atomic E-state index is 13.0. The summed E-state index contributed by atoms with van der Waals surface area (Å²) >= 11 is 0. The van der Waals surface area contributed by atoms with Crippen LogP contribution in [0.5, 0.6) is 0 Å². The smallest absolute Gasteiger partial charge is 0.322 e. The van der Waals surface area contributed by atoms with Crippen LogP contribution in [-0.4, -0.2) is 16.1 Å². The molecule has 1 aliphatic rings. The Balaban J connectivity index is 1.94. The molecule has 1 fully saturated rings. The van der Waals surface area contributed by atoms with Crippen molar-refractivity contribution in [2.75, 3.05) is 5.32 Å². The van der Waals surface area contributed by atoms with E-state index in [0.29, 0.717) is 29.1 Å². The highest BCUT2D eigenvalue weighted by molar-refractivity contribution is 5.97. The van der Waals surface area contributed by atoms with E-state index in [4.69, 9.17) is 0 Å². The number of alkyl halides is 3.